The van der Waals surface area contributed by atoms with Gasteiger partial charge in [0.15, 0.2) is 0 Å². The first kappa shape index (κ1) is 10.1. The van der Waals surface area contributed by atoms with E-state index >= 15 is 0 Å². The number of aryl methyl sites for hydroxylation is 1. The second-order valence-corrected chi connectivity index (χ2v) is 5.09. The maximum absolute atomic E-state index is 12.4. The third-order valence-corrected chi connectivity index (χ3v) is 3.75. The lowest BCUT2D eigenvalue weighted by Crippen LogP contribution is -1.72. The van der Waals surface area contributed by atoms with Crippen molar-refractivity contribution in [2.45, 2.75) is 13.3 Å². The molecule has 4 heteroatoms. The molecular formula is C10H7BrF2S. The van der Waals surface area contributed by atoms with E-state index in [9.17, 15) is 8.78 Å². The first-order valence-corrected chi connectivity index (χ1v) is 5.66. The van der Waals surface area contributed by atoms with Crippen LogP contribution in [0.4, 0.5) is 8.78 Å². The summed E-state index contributed by atoms with van der Waals surface area (Å²) in [6, 6.07) is 5.36. The van der Waals surface area contributed by atoms with Crippen LogP contribution in [0, 0.1) is 6.92 Å². The second-order valence-electron chi connectivity index (χ2n) is 3.09. The molecule has 0 spiro atoms. The van der Waals surface area contributed by atoms with Gasteiger partial charge in [-0.15, -0.1) is 11.3 Å². The van der Waals surface area contributed by atoms with Gasteiger partial charge in [-0.25, -0.2) is 8.78 Å². The van der Waals surface area contributed by atoms with Gasteiger partial charge in [0.1, 0.15) is 0 Å². The molecule has 2 rings (SSSR count). The predicted molar refractivity (Wildman–Crippen MR) is 59.2 cm³/mol. The van der Waals surface area contributed by atoms with Crippen molar-refractivity contribution < 1.29 is 8.78 Å². The van der Waals surface area contributed by atoms with Gasteiger partial charge < -0.3 is 0 Å². The van der Waals surface area contributed by atoms with Crippen molar-refractivity contribution in [1.29, 1.82) is 0 Å². The van der Waals surface area contributed by atoms with Gasteiger partial charge in [0, 0.05) is 9.17 Å². The maximum atomic E-state index is 12.4. The van der Waals surface area contributed by atoms with Crippen molar-refractivity contribution in [2.75, 3.05) is 0 Å². The zero-order valence-corrected chi connectivity index (χ0v) is 9.75. The lowest BCUT2D eigenvalue weighted by atomic mass is 10.2. The summed E-state index contributed by atoms with van der Waals surface area (Å²) >= 11 is 4.52. The Morgan fingerprint density at radius 3 is 2.64 bits per heavy atom. The Hall–Kier alpha value is -0.480. The Morgan fingerprint density at radius 1 is 1.29 bits per heavy atom. The minimum absolute atomic E-state index is 0.140. The van der Waals surface area contributed by atoms with Crippen LogP contribution < -0.4 is 0 Å². The minimum Gasteiger partial charge on any atom is -0.204 e. The monoisotopic (exact) mass is 276 g/mol. The first-order chi connectivity index (χ1) is 6.58. The van der Waals surface area contributed by atoms with E-state index < -0.39 is 6.43 Å². The fraction of sp³-hybridized carbons (Fsp3) is 0.200. The van der Waals surface area contributed by atoms with E-state index in [2.05, 4.69) is 15.9 Å². The van der Waals surface area contributed by atoms with Crippen LogP contribution >= 0.6 is 27.3 Å². The lowest BCUT2D eigenvalue weighted by molar-refractivity contribution is 0.156. The minimum atomic E-state index is -2.37. The number of benzene rings is 1. The molecule has 0 saturated carbocycles. The zero-order chi connectivity index (χ0) is 10.3. The highest BCUT2D eigenvalue weighted by atomic mass is 79.9. The van der Waals surface area contributed by atoms with Gasteiger partial charge in [-0.3, -0.25) is 0 Å². The van der Waals surface area contributed by atoms with Crippen LogP contribution in [0.25, 0.3) is 10.1 Å². The van der Waals surface area contributed by atoms with E-state index in [4.69, 9.17) is 0 Å². The maximum Gasteiger partial charge on any atom is 0.272 e. The van der Waals surface area contributed by atoms with Crippen LogP contribution in [-0.4, -0.2) is 0 Å². The summed E-state index contributed by atoms with van der Waals surface area (Å²) in [6.07, 6.45) is -2.37. The molecule has 0 N–H and O–H groups in total. The quantitative estimate of drug-likeness (QED) is 0.694. The number of hydrogen-bond donors (Lipinski definition) is 0. The number of rotatable bonds is 1. The zero-order valence-electron chi connectivity index (χ0n) is 7.35. The molecule has 1 heterocycles. The van der Waals surface area contributed by atoms with Gasteiger partial charge in [0.05, 0.1) is 4.88 Å². The summed E-state index contributed by atoms with van der Waals surface area (Å²) in [5.41, 5.74) is 1.03. The molecule has 0 fully saturated rings. The molecule has 0 aliphatic heterocycles. The van der Waals surface area contributed by atoms with Gasteiger partial charge in [-0.1, -0.05) is 15.9 Å². The molecule has 0 amide bonds. The normalized spacial score (nSPS) is 11.5. The number of fused-ring (bicyclic) bond motifs is 1. The van der Waals surface area contributed by atoms with Crippen LogP contribution in [0.15, 0.2) is 22.7 Å². The molecule has 0 atom stereocenters. The topological polar surface area (TPSA) is 0 Å². The molecule has 0 aliphatic rings. The molecule has 0 saturated heterocycles. The third kappa shape index (κ3) is 1.68. The van der Waals surface area contributed by atoms with Crippen LogP contribution in [0.1, 0.15) is 16.9 Å². The van der Waals surface area contributed by atoms with Crippen LogP contribution in [0.3, 0.4) is 0 Å². The van der Waals surface area contributed by atoms with Gasteiger partial charge >= 0.3 is 0 Å². The smallest absolute Gasteiger partial charge is 0.204 e. The van der Waals surface area contributed by atoms with Gasteiger partial charge in [0.2, 0.25) is 0 Å². The van der Waals surface area contributed by atoms with Crippen molar-refractivity contribution in [3.05, 3.63) is 33.1 Å². The summed E-state index contributed by atoms with van der Waals surface area (Å²) in [4.78, 5) is 0.140. The van der Waals surface area contributed by atoms with E-state index in [0.29, 0.717) is 0 Å². The Morgan fingerprint density at radius 2 is 2.00 bits per heavy atom. The molecule has 0 bridgehead atoms. The Balaban J connectivity index is 2.70. The number of halogens is 3. The molecule has 0 unspecified atom stereocenters. The average molecular weight is 277 g/mol. The lowest BCUT2D eigenvalue weighted by Gasteiger charge is -1.95. The molecule has 1 aromatic heterocycles. The number of hydrogen-bond acceptors (Lipinski definition) is 1. The molecule has 74 valence electrons. The molecule has 14 heavy (non-hydrogen) atoms. The molecule has 0 nitrogen and oxygen atoms in total. The molecule has 1 aromatic carbocycles. The standard InChI is InChI=1S/C10H7BrF2S/c1-5-2-7(11)3-6-4-8(10(12)13)14-9(5)6/h2-4,10H,1H3. The Labute approximate surface area is 92.7 Å². The Kier molecular flexibility index (Phi) is 2.58. The van der Waals surface area contributed by atoms with Crippen molar-refractivity contribution in [3.8, 4) is 0 Å². The van der Waals surface area contributed by atoms with Crippen molar-refractivity contribution >= 4 is 37.4 Å². The molecule has 2 aromatic rings. The summed E-state index contributed by atoms with van der Waals surface area (Å²) < 4.78 is 26.8. The van der Waals surface area contributed by atoms with Crippen LogP contribution in [0.2, 0.25) is 0 Å². The highest BCUT2D eigenvalue weighted by Gasteiger charge is 2.12. The highest BCUT2D eigenvalue weighted by Crippen LogP contribution is 2.35. The van der Waals surface area contributed by atoms with Gasteiger partial charge in [-0.05, 0) is 36.1 Å². The summed E-state index contributed by atoms with van der Waals surface area (Å²) in [5, 5.41) is 0.886. The largest absolute Gasteiger partial charge is 0.272 e. The fourth-order valence-corrected chi connectivity index (χ4v) is 2.97. The first-order valence-electron chi connectivity index (χ1n) is 4.05. The summed E-state index contributed by atoms with van der Waals surface area (Å²) in [5.74, 6) is 0. The number of alkyl halides is 2. The van der Waals surface area contributed by atoms with Crippen LogP contribution in [0.5, 0.6) is 0 Å². The second kappa shape index (κ2) is 3.59. The van der Waals surface area contributed by atoms with E-state index in [-0.39, 0.29) is 4.88 Å². The van der Waals surface area contributed by atoms with Crippen molar-refractivity contribution in [3.63, 3.8) is 0 Å². The predicted octanol–water partition coefficient (Wildman–Crippen LogP) is 4.91. The van der Waals surface area contributed by atoms with Crippen molar-refractivity contribution in [1.82, 2.24) is 0 Å². The van der Waals surface area contributed by atoms with Crippen LogP contribution in [-0.2, 0) is 0 Å². The fourth-order valence-electron chi connectivity index (χ4n) is 1.41. The third-order valence-electron chi connectivity index (χ3n) is 2.00. The summed E-state index contributed by atoms with van der Waals surface area (Å²) in [6.45, 7) is 1.93. The molecular weight excluding hydrogens is 270 g/mol. The number of thiophene rings is 1. The van der Waals surface area contributed by atoms with Gasteiger partial charge in [0.25, 0.3) is 6.43 Å². The average Bonchev–Trinajstić information content (AvgIpc) is 2.47. The van der Waals surface area contributed by atoms with E-state index in [0.717, 1.165) is 20.1 Å². The van der Waals surface area contributed by atoms with Crippen molar-refractivity contribution in [2.24, 2.45) is 0 Å². The van der Waals surface area contributed by atoms with E-state index in [1.165, 1.54) is 11.3 Å². The van der Waals surface area contributed by atoms with E-state index in [1.54, 1.807) is 6.07 Å². The molecule has 0 aliphatic carbocycles. The van der Waals surface area contributed by atoms with Gasteiger partial charge in [-0.2, -0.15) is 0 Å². The highest BCUT2D eigenvalue weighted by molar-refractivity contribution is 9.10. The Bertz CT molecular complexity index is 476. The summed E-state index contributed by atoms with van der Waals surface area (Å²) in [7, 11) is 0. The van der Waals surface area contributed by atoms with E-state index in [1.807, 2.05) is 19.1 Å². The SMILES string of the molecule is Cc1cc(Br)cc2cc(C(F)F)sc12. The molecule has 0 radical (unpaired) electrons.